The maximum Gasteiger partial charge on any atom is 0.284 e. The predicted octanol–water partition coefficient (Wildman–Crippen LogP) is 2.35. The lowest BCUT2D eigenvalue weighted by atomic mass is 10.2. The van der Waals surface area contributed by atoms with Crippen LogP contribution in [0.4, 0.5) is 0 Å². The number of aromatic nitrogens is 4. The van der Waals surface area contributed by atoms with E-state index in [-0.39, 0.29) is 28.3 Å². The van der Waals surface area contributed by atoms with Crippen molar-refractivity contribution in [3.8, 4) is 0 Å². The smallest absolute Gasteiger partial charge is 0.266 e. The minimum atomic E-state index is -3.37. The quantitative estimate of drug-likeness (QED) is 0.495. The fourth-order valence-corrected chi connectivity index (χ4v) is 3.63. The summed E-state index contributed by atoms with van der Waals surface area (Å²) in [5, 5.41) is 8.14. The van der Waals surface area contributed by atoms with Crippen molar-refractivity contribution in [2.45, 2.75) is 5.75 Å². The molecule has 0 saturated carbocycles. The molecule has 7 nitrogen and oxygen atoms in total. The number of hydrogen-bond acceptors (Lipinski definition) is 6. The summed E-state index contributed by atoms with van der Waals surface area (Å²) in [4.78, 5) is 17.5. The summed E-state index contributed by atoms with van der Waals surface area (Å²) in [5.74, 6) is -0.325. The SMILES string of the molecule is CS(=O)(=O)Cc1nc2ccccc2n2c(=O)c(C=Cc3ccccc3)nnc12. The maximum absolute atomic E-state index is 13.1. The van der Waals surface area contributed by atoms with Gasteiger partial charge in [-0.05, 0) is 23.8 Å². The van der Waals surface area contributed by atoms with Crippen LogP contribution in [0.2, 0.25) is 0 Å². The average molecular weight is 392 g/mol. The highest BCUT2D eigenvalue weighted by Gasteiger charge is 2.17. The number of rotatable bonds is 4. The normalized spacial score (nSPS) is 12.2. The zero-order valence-electron chi connectivity index (χ0n) is 15.0. The highest BCUT2D eigenvalue weighted by Crippen LogP contribution is 2.17. The van der Waals surface area contributed by atoms with Crippen LogP contribution in [0, 0.1) is 0 Å². The van der Waals surface area contributed by atoms with Gasteiger partial charge in [0.05, 0.1) is 16.8 Å². The topological polar surface area (TPSA) is 94.3 Å². The standard InChI is InChI=1S/C20H16N4O3S/c1-28(26,27)13-17-19-23-22-16(12-11-14-7-3-2-4-8-14)20(25)24(19)18-10-6-5-9-15(18)21-17/h2-12H,13H2,1H3. The molecule has 0 N–H and O–H groups in total. The number of benzene rings is 2. The molecular formula is C20H16N4O3S. The number of sulfone groups is 1. The summed E-state index contributed by atoms with van der Waals surface area (Å²) in [7, 11) is -3.37. The van der Waals surface area contributed by atoms with Gasteiger partial charge in [-0.25, -0.2) is 13.4 Å². The Morgan fingerprint density at radius 2 is 1.68 bits per heavy atom. The number of hydrogen-bond donors (Lipinski definition) is 0. The van der Waals surface area contributed by atoms with Crippen molar-refractivity contribution >= 4 is 38.7 Å². The summed E-state index contributed by atoms with van der Waals surface area (Å²) in [6, 6.07) is 16.6. The van der Waals surface area contributed by atoms with Crippen molar-refractivity contribution in [1.82, 2.24) is 19.6 Å². The van der Waals surface area contributed by atoms with Crippen LogP contribution in [0.1, 0.15) is 17.0 Å². The van der Waals surface area contributed by atoms with Gasteiger partial charge in [0.2, 0.25) is 0 Å². The number of nitrogens with zero attached hydrogens (tertiary/aromatic N) is 4. The van der Waals surface area contributed by atoms with E-state index in [1.807, 2.05) is 30.3 Å². The van der Waals surface area contributed by atoms with Gasteiger partial charge in [0.15, 0.2) is 21.2 Å². The largest absolute Gasteiger partial charge is 0.284 e. The third kappa shape index (κ3) is 3.54. The van der Waals surface area contributed by atoms with Crippen LogP contribution in [0.3, 0.4) is 0 Å². The first-order chi connectivity index (χ1) is 13.4. The molecule has 0 unspecified atom stereocenters. The minimum absolute atomic E-state index is 0.144. The van der Waals surface area contributed by atoms with E-state index in [1.165, 1.54) is 4.40 Å². The average Bonchev–Trinajstić information content (AvgIpc) is 2.67. The first-order valence-corrected chi connectivity index (χ1v) is 10.6. The third-order valence-electron chi connectivity index (χ3n) is 4.15. The second kappa shape index (κ2) is 6.97. The molecule has 2 aromatic carbocycles. The molecule has 4 aromatic rings. The van der Waals surface area contributed by atoms with E-state index in [9.17, 15) is 13.2 Å². The lowest BCUT2D eigenvalue weighted by molar-refractivity contribution is 0.600. The van der Waals surface area contributed by atoms with Gasteiger partial charge in [-0.1, -0.05) is 48.5 Å². The first-order valence-electron chi connectivity index (χ1n) is 8.50. The Morgan fingerprint density at radius 3 is 2.43 bits per heavy atom. The molecule has 0 spiro atoms. The van der Waals surface area contributed by atoms with Crippen LogP contribution < -0.4 is 5.56 Å². The van der Waals surface area contributed by atoms with E-state index in [0.717, 1.165) is 11.8 Å². The lowest BCUT2D eigenvalue weighted by Crippen LogP contribution is -2.22. The van der Waals surface area contributed by atoms with Crippen molar-refractivity contribution in [3.63, 3.8) is 0 Å². The maximum atomic E-state index is 13.1. The van der Waals surface area contributed by atoms with Gasteiger partial charge in [0.1, 0.15) is 5.69 Å². The molecule has 0 saturated heterocycles. The molecule has 0 atom stereocenters. The van der Waals surface area contributed by atoms with Gasteiger partial charge in [0, 0.05) is 6.26 Å². The van der Waals surface area contributed by atoms with Crippen LogP contribution in [0.5, 0.6) is 0 Å². The highest BCUT2D eigenvalue weighted by atomic mass is 32.2. The van der Waals surface area contributed by atoms with E-state index in [4.69, 9.17) is 0 Å². The molecule has 4 rings (SSSR count). The molecule has 0 aliphatic carbocycles. The van der Waals surface area contributed by atoms with E-state index >= 15 is 0 Å². The van der Waals surface area contributed by atoms with E-state index < -0.39 is 9.84 Å². The van der Waals surface area contributed by atoms with Crippen molar-refractivity contribution < 1.29 is 8.42 Å². The summed E-state index contributed by atoms with van der Waals surface area (Å²) in [6.45, 7) is 0. The molecule has 0 aliphatic heterocycles. The molecule has 0 fully saturated rings. The Hall–Kier alpha value is -3.39. The Labute approximate surface area is 160 Å². The fraction of sp³-hybridized carbons (Fsp3) is 0.100. The first kappa shape index (κ1) is 18.0. The molecule has 2 heterocycles. The molecule has 140 valence electrons. The number of para-hydroxylation sites is 2. The molecule has 28 heavy (non-hydrogen) atoms. The summed E-state index contributed by atoms with van der Waals surface area (Å²) in [5.41, 5.74) is 2.10. The van der Waals surface area contributed by atoms with E-state index in [0.29, 0.717) is 11.0 Å². The molecule has 8 heteroatoms. The lowest BCUT2D eigenvalue weighted by Gasteiger charge is -2.09. The molecule has 0 amide bonds. The molecule has 0 bridgehead atoms. The minimum Gasteiger partial charge on any atom is -0.266 e. The Morgan fingerprint density at radius 1 is 0.964 bits per heavy atom. The van der Waals surface area contributed by atoms with E-state index in [2.05, 4.69) is 15.2 Å². The van der Waals surface area contributed by atoms with Crippen LogP contribution in [-0.2, 0) is 15.6 Å². The number of fused-ring (bicyclic) bond motifs is 3. The molecule has 2 aromatic heterocycles. The Balaban J connectivity index is 1.97. The van der Waals surface area contributed by atoms with Crippen LogP contribution in [-0.4, -0.2) is 34.3 Å². The van der Waals surface area contributed by atoms with Gasteiger partial charge >= 0.3 is 0 Å². The summed E-state index contributed by atoms with van der Waals surface area (Å²) in [6.07, 6.45) is 4.49. The van der Waals surface area contributed by atoms with Crippen molar-refractivity contribution in [3.05, 3.63) is 81.9 Å². The Bertz CT molecular complexity index is 1380. The molecule has 0 aliphatic rings. The van der Waals surface area contributed by atoms with Crippen molar-refractivity contribution in [2.75, 3.05) is 6.26 Å². The van der Waals surface area contributed by atoms with Gasteiger partial charge < -0.3 is 0 Å². The van der Waals surface area contributed by atoms with Crippen LogP contribution in [0.15, 0.2) is 59.4 Å². The van der Waals surface area contributed by atoms with Gasteiger partial charge in [-0.2, -0.15) is 0 Å². The summed E-state index contributed by atoms with van der Waals surface area (Å²) >= 11 is 0. The fourth-order valence-electron chi connectivity index (χ4n) is 2.94. The second-order valence-electron chi connectivity index (χ2n) is 6.41. The summed E-state index contributed by atoms with van der Waals surface area (Å²) < 4.78 is 25.0. The van der Waals surface area contributed by atoms with Gasteiger partial charge in [-0.15, -0.1) is 10.2 Å². The van der Waals surface area contributed by atoms with E-state index in [1.54, 1.807) is 36.4 Å². The van der Waals surface area contributed by atoms with Gasteiger partial charge in [0.25, 0.3) is 5.56 Å². The molecular weight excluding hydrogens is 376 g/mol. The zero-order valence-corrected chi connectivity index (χ0v) is 15.8. The zero-order chi connectivity index (χ0) is 19.7. The monoisotopic (exact) mass is 392 g/mol. The van der Waals surface area contributed by atoms with Crippen LogP contribution in [0.25, 0.3) is 28.8 Å². The van der Waals surface area contributed by atoms with Crippen molar-refractivity contribution in [2.24, 2.45) is 0 Å². The second-order valence-corrected chi connectivity index (χ2v) is 8.55. The Kier molecular flexibility index (Phi) is 4.48. The predicted molar refractivity (Wildman–Crippen MR) is 108 cm³/mol. The third-order valence-corrected chi connectivity index (χ3v) is 4.95. The van der Waals surface area contributed by atoms with Gasteiger partial charge in [-0.3, -0.25) is 9.20 Å². The molecule has 0 radical (unpaired) electrons. The van der Waals surface area contributed by atoms with Crippen molar-refractivity contribution in [1.29, 1.82) is 0 Å². The van der Waals surface area contributed by atoms with Crippen LogP contribution >= 0.6 is 0 Å². The highest BCUT2D eigenvalue weighted by molar-refractivity contribution is 7.89.